The maximum atomic E-state index is 13.8. The van der Waals surface area contributed by atoms with Crippen molar-refractivity contribution in [3.63, 3.8) is 0 Å². The van der Waals surface area contributed by atoms with E-state index in [0.717, 1.165) is 0 Å². The van der Waals surface area contributed by atoms with Gasteiger partial charge in [0, 0.05) is 6.04 Å². The summed E-state index contributed by atoms with van der Waals surface area (Å²) in [5.74, 6) is -4.12. The van der Waals surface area contributed by atoms with Gasteiger partial charge < -0.3 is 33.8 Å². The van der Waals surface area contributed by atoms with Gasteiger partial charge in [-0.1, -0.05) is 42.5 Å². The number of phenolic OH excluding ortho intramolecular Hbond substituents is 1. The number of rotatable bonds is 17. The number of ketones is 4. The zero-order valence-electron chi connectivity index (χ0n) is 23.3. The molecule has 0 amide bonds. The third-order valence-corrected chi connectivity index (χ3v) is 8.38. The minimum absolute atomic E-state index is 0.0319. The topological polar surface area (TPSA) is 273 Å². The Bertz CT molecular complexity index is 1370. The molecule has 42 heavy (non-hydrogen) atoms. The fourth-order valence-corrected chi connectivity index (χ4v) is 5.98. The molecule has 0 aliphatic rings. The van der Waals surface area contributed by atoms with Crippen LogP contribution in [0.25, 0.3) is 0 Å². The van der Waals surface area contributed by atoms with Crippen molar-refractivity contribution in [3.8, 4) is 5.75 Å². The van der Waals surface area contributed by atoms with Crippen molar-refractivity contribution in [2.24, 2.45) is 34.1 Å². The highest BCUT2D eigenvalue weighted by Crippen LogP contribution is 2.32. The van der Waals surface area contributed by atoms with Crippen molar-refractivity contribution < 1.29 is 37.3 Å². The second-order valence-electron chi connectivity index (χ2n) is 10.4. The van der Waals surface area contributed by atoms with Gasteiger partial charge in [0.2, 0.25) is 0 Å². The number of aromatic hydroxyl groups is 1. The highest BCUT2D eigenvalue weighted by Gasteiger charge is 2.53. The largest absolute Gasteiger partial charge is 0.508 e. The van der Waals surface area contributed by atoms with Gasteiger partial charge >= 0.3 is 0 Å². The maximum Gasteiger partial charge on any atom is 0.276 e. The summed E-state index contributed by atoms with van der Waals surface area (Å²) in [4.78, 5) is 53.6. The molecule has 0 bridgehead atoms. The minimum Gasteiger partial charge on any atom is -0.508 e. The molecule has 0 heterocycles. The summed E-state index contributed by atoms with van der Waals surface area (Å²) in [6.07, 6.45) is -1.42. The van der Waals surface area contributed by atoms with Crippen molar-refractivity contribution >= 4 is 33.3 Å². The summed E-state index contributed by atoms with van der Waals surface area (Å²) in [5.41, 5.74) is 28.3. The molecule has 12 N–H and O–H groups in total. The quantitative estimate of drug-likeness (QED) is 0.0822. The highest BCUT2D eigenvalue weighted by atomic mass is 32.2. The molecule has 0 aliphatic heterocycles. The number of phenols is 1. The van der Waals surface area contributed by atoms with Crippen LogP contribution in [0, 0.1) is 5.41 Å². The van der Waals surface area contributed by atoms with Crippen molar-refractivity contribution in [2.75, 3.05) is 6.54 Å². The lowest BCUT2D eigenvalue weighted by Gasteiger charge is -2.34. The lowest BCUT2D eigenvalue weighted by molar-refractivity contribution is -0.150. The van der Waals surface area contributed by atoms with E-state index >= 15 is 0 Å². The molecule has 6 atom stereocenters. The van der Waals surface area contributed by atoms with Crippen LogP contribution in [-0.2, 0) is 42.1 Å². The fourth-order valence-electron chi connectivity index (χ4n) is 4.93. The van der Waals surface area contributed by atoms with Gasteiger partial charge in [0.1, 0.15) is 11.2 Å². The number of carbonyl (C=O) groups is 4. The Kier molecular flexibility index (Phi) is 12.2. The predicted octanol–water partition coefficient (Wildman–Crippen LogP) is -1.24. The molecule has 13 nitrogen and oxygen atoms in total. The van der Waals surface area contributed by atoms with Crippen molar-refractivity contribution in [1.29, 1.82) is 0 Å². The first-order valence-electron chi connectivity index (χ1n) is 13.2. The lowest BCUT2D eigenvalue weighted by Crippen LogP contribution is -2.59. The van der Waals surface area contributed by atoms with E-state index in [1.54, 1.807) is 30.3 Å². The minimum atomic E-state index is -5.14. The summed E-state index contributed by atoms with van der Waals surface area (Å²) in [5, 5.41) is 7.21. The van der Waals surface area contributed by atoms with Gasteiger partial charge in [-0.15, -0.1) is 0 Å². The van der Waals surface area contributed by atoms with Gasteiger partial charge in [-0.3, -0.25) is 23.7 Å². The Morgan fingerprint density at radius 2 is 1.36 bits per heavy atom. The van der Waals surface area contributed by atoms with Crippen molar-refractivity contribution in [2.45, 2.75) is 62.0 Å². The van der Waals surface area contributed by atoms with Gasteiger partial charge in [-0.25, -0.2) is 0 Å². The van der Waals surface area contributed by atoms with E-state index in [2.05, 4.69) is 0 Å². The number of hydrogen-bond acceptors (Lipinski definition) is 12. The van der Waals surface area contributed by atoms with Crippen LogP contribution in [0.1, 0.15) is 30.9 Å². The first kappa shape index (κ1) is 34.8. The van der Waals surface area contributed by atoms with E-state index in [0.29, 0.717) is 11.1 Å². The van der Waals surface area contributed by atoms with E-state index in [4.69, 9.17) is 28.7 Å². The Morgan fingerprint density at radius 3 is 1.86 bits per heavy atom. The van der Waals surface area contributed by atoms with E-state index in [1.807, 2.05) is 0 Å². The van der Waals surface area contributed by atoms with Gasteiger partial charge in [0.05, 0.1) is 24.7 Å². The summed E-state index contributed by atoms with van der Waals surface area (Å²) in [6.45, 7) is 0.527. The zero-order chi connectivity index (χ0) is 31.8. The smallest absolute Gasteiger partial charge is 0.276 e. The molecular weight excluding hydrogens is 566 g/mol. The van der Waals surface area contributed by atoms with Crippen LogP contribution in [0.5, 0.6) is 5.75 Å². The fraction of sp³-hybridized carbons (Fsp3) is 0.429. The first-order chi connectivity index (χ1) is 19.6. The number of carbonyl (C=O) groups excluding carboxylic acids is 4. The van der Waals surface area contributed by atoms with Crippen molar-refractivity contribution in [3.05, 3.63) is 65.7 Å². The second kappa shape index (κ2) is 14.7. The van der Waals surface area contributed by atoms with Crippen LogP contribution >= 0.6 is 0 Å². The van der Waals surface area contributed by atoms with E-state index in [1.165, 1.54) is 31.2 Å². The monoisotopic (exact) mass is 605 g/mol. The Hall–Kier alpha value is -3.37. The molecule has 0 fully saturated rings. The van der Waals surface area contributed by atoms with Crippen LogP contribution in [0.3, 0.4) is 0 Å². The average molecular weight is 606 g/mol. The maximum absolute atomic E-state index is 13.8. The number of benzene rings is 2. The lowest BCUT2D eigenvalue weighted by atomic mass is 9.67. The molecule has 0 saturated carbocycles. The van der Waals surface area contributed by atoms with E-state index in [-0.39, 0.29) is 18.6 Å². The Balaban J connectivity index is 2.42. The van der Waals surface area contributed by atoms with Gasteiger partial charge in [0.15, 0.2) is 28.4 Å². The Labute approximate surface area is 244 Å². The molecule has 230 valence electrons. The molecule has 3 unspecified atom stereocenters. The van der Waals surface area contributed by atoms with Gasteiger partial charge in [-0.05, 0) is 55.9 Å². The Morgan fingerprint density at radius 1 is 0.833 bits per heavy atom. The third kappa shape index (κ3) is 8.35. The number of Topliss-reactive ketones (excluding diaryl/α,β-unsaturated/α-hetero) is 4. The molecule has 0 saturated heterocycles. The molecule has 2 rings (SSSR count). The van der Waals surface area contributed by atoms with Gasteiger partial charge in [-0.2, -0.15) is 8.42 Å². The van der Waals surface area contributed by atoms with E-state index in [9.17, 15) is 37.3 Å². The summed E-state index contributed by atoms with van der Waals surface area (Å²) in [6, 6.07) is 8.44. The van der Waals surface area contributed by atoms with Crippen LogP contribution < -0.4 is 28.7 Å². The predicted molar refractivity (Wildman–Crippen MR) is 156 cm³/mol. The zero-order valence-corrected chi connectivity index (χ0v) is 24.1. The first-order valence-corrected chi connectivity index (χ1v) is 14.7. The molecule has 0 radical (unpaired) electrons. The van der Waals surface area contributed by atoms with Crippen molar-refractivity contribution in [1.82, 2.24) is 0 Å². The molecule has 2 aromatic carbocycles. The molecule has 2 aromatic rings. The van der Waals surface area contributed by atoms with Crippen LogP contribution in [0.4, 0.5) is 0 Å². The van der Waals surface area contributed by atoms with Crippen LogP contribution in [-0.4, -0.2) is 77.2 Å². The molecular formula is C28H39N5O8S. The van der Waals surface area contributed by atoms with E-state index < -0.39 is 87.5 Å². The summed E-state index contributed by atoms with van der Waals surface area (Å²) < 4.78 is 34.6. The number of hydrogen-bond donors (Lipinski definition) is 7. The SMILES string of the molecule is C[C@H](N)C(=O)C(CCC(N)C(C(=O)[C@@H](N)Cc1ccc(O)cc1)S(=O)(=O)O)(C(=O)CN)C(=O)[C@@H](N)Cc1ccccc1. The van der Waals surface area contributed by atoms with Crippen LogP contribution in [0.15, 0.2) is 54.6 Å². The highest BCUT2D eigenvalue weighted by molar-refractivity contribution is 7.87. The summed E-state index contributed by atoms with van der Waals surface area (Å²) >= 11 is 0. The average Bonchev–Trinajstić information content (AvgIpc) is 2.93. The number of nitrogens with two attached hydrogens (primary N) is 5. The standard InChI is InChI=1S/C28H39N5O8S/c1-16(30)26(37)28(23(35)15-29,27(38)22(33)14-17-5-3-2-4-6-17)12-11-20(31)25(42(39,40)41)24(36)21(32)13-18-7-9-19(34)10-8-18/h2-10,16,20-22,25,34H,11-15,29-33H2,1H3,(H,39,40,41)/t16-,20?,21-,22-,25?,28?/m0/s1. The normalized spacial score (nSPS) is 16.8. The summed E-state index contributed by atoms with van der Waals surface area (Å²) in [7, 11) is -5.14. The molecule has 0 aliphatic carbocycles. The molecule has 0 aromatic heterocycles. The second-order valence-corrected chi connectivity index (χ2v) is 11.9. The molecule has 0 spiro atoms. The third-order valence-electron chi connectivity index (χ3n) is 7.15. The molecule has 14 heteroatoms. The van der Waals surface area contributed by atoms with Gasteiger partial charge in [0.25, 0.3) is 10.1 Å². The van der Waals surface area contributed by atoms with Crippen LogP contribution in [0.2, 0.25) is 0 Å².